The minimum atomic E-state index is -3.96. The molecule has 0 spiro atoms. The lowest BCUT2D eigenvalue weighted by atomic mass is 10.1. The summed E-state index contributed by atoms with van der Waals surface area (Å²) in [5.74, 6) is -0.659. The Labute approximate surface area is 195 Å². The lowest BCUT2D eigenvalue weighted by Gasteiger charge is -2.10. The number of hydrogen-bond donors (Lipinski definition) is 4. The van der Waals surface area contributed by atoms with Crippen LogP contribution in [0.3, 0.4) is 0 Å². The first-order chi connectivity index (χ1) is 16.3. The fraction of sp³-hybridized carbons (Fsp3) is 0.0400. The van der Waals surface area contributed by atoms with Crippen LogP contribution in [0.15, 0.2) is 83.8 Å². The van der Waals surface area contributed by atoms with Crippen molar-refractivity contribution in [1.82, 2.24) is 20.2 Å². The van der Waals surface area contributed by atoms with E-state index in [0.29, 0.717) is 16.8 Å². The maximum atomic E-state index is 13.0. The molecule has 2 aromatic heterocycles. The first-order valence-corrected chi connectivity index (χ1v) is 11.9. The van der Waals surface area contributed by atoms with Crippen LogP contribution < -0.4 is 10.3 Å². The third kappa shape index (κ3) is 3.98. The number of nitrogens with zero attached hydrogens (tertiary/aromatic N) is 1. The summed E-state index contributed by atoms with van der Waals surface area (Å²) in [5, 5.41) is 11.6. The molecule has 0 aliphatic rings. The topological polar surface area (TPSA) is 124 Å². The van der Waals surface area contributed by atoms with Gasteiger partial charge in [-0.25, -0.2) is 13.4 Å². The molecule has 0 fully saturated rings. The van der Waals surface area contributed by atoms with Crippen LogP contribution in [-0.4, -0.2) is 29.4 Å². The first kappa shape index (κ1) is 21.6. The molecule has 0 saturated carbocycles. The molecular formula is C25H20N4O4S. The largest absolute Gasteiger partial charge is 0.508 e. The summed E-state index contributed by atoms with van der Waals surface area (Å²) in [7, 11) is -3.96. The first-order valence-electron chi connectivity index (χ1n) is 10.4. The quantitative estimate of drug-likeness (QED) is 0.288. The van der Waals surface area contributed by atoms with Crippen molar-refractivity contribution in [2.45, 2.75) is 11.8 Å². The predicted octanol–water partition coefficient (Wildman–Crippen LogP) is 4.02. The number of aromatic nitrogens is 2. The van der Waals surface area contributed by atoms with E-state index in [1.165, 1.54) is 12.1 Å². The van der Waals surface area contributed by atoms with Crippen LogP contribution in [0.25, 0.3) is 33.1 Å². The Morgan fingerprint density at radius 1 is 0.941 bits per heavy atom. The van der Waals surface area contributed by atoms with Gasteiger partial charge in [-0.3, -0.25) is 10.2 Å². The van der Waals surface area contributed by atoms with E-state index in [2.05, 4.69) is 20.2 Å². The fourth-order valence-corrected chi connectivity index (χ4v) is 4.62. The van der Waals surface area contributed by atoms with Crippen LogP contribution in [0.2, 0.25) is 0 Å². The normalized spacial score (nSPS) is 11.7. The maximum Gasteiger partial charge on any atom is 0.284 e. The van der Waals surface area contributed by atoms with Crippen molar-refractivity contribution < 1.29 is 18.3 Å². The molecule has 0 aliphatic heterocycles. The molecule has 0 atom stereocenters. The van der Waals surface area contributed by atoms with E-state index >= 15 is 0 Å². The number of aromatic hydroxyl groups is 1. The third-order valence-electron chi connectivity index (χ3n) is 5.48. The highest BCUT2D eigenvalue weighted by Crippen LogP contribution is 2.33. The van der Waals surface area contributed by atoms with Gasteiger partial charge in [-0.1, -0.05) is 48.0 Å². The van der Waals surface area contributed by atoms with Crippen LogP contribution >= 0.6 is 0 Å². The number of nitrogens with one attached hydrogen (secondary N) is 3. The van der Waals surface area contributed by atoms with Crippen molar-refractivity contribution in [3.05, 3.63) is 90.1 Å². The number of fused-ring (bicyclic) bond motifs is 3. The van der Waals surface area contributed by atoms with E-state index in [-0.39, 0.29) is 16.3 Å². The molecule has 0 aliphatic carbocycles. The molecule has 0 radical (unpaired) electrons. The van der Waals surface area contributed by atoms with Crippen LogP contribution in [0.5, 0.6) is 5.75 Å². The van der Waals surface area contributed by atoms with Crippen LogP contribution in [0.1, 0.15) is 16.1 Å². The van der Waals surface area contributed by atoms with Gasteiger partial charge in [0.25, 0.3) is 15.9 Å². The zero-order chi connectivity index (χ0) is 23.9. The molecule has 8 nitrogen and oxygen atoms in total. The van der Waals surface area contributed by atoms with Crippen LogP contribution in [0, 0.1) is 6.92 Å². The van der Waals surface area contributed by atoms with E-state index in [1.807, 2.05) is 31.2 Å². The van der Waals surface area contributed by atoms with Crippen molar-refractivity contribution in [1.29, 1.82) is 0 Å². The summed E-state index contributed by atoms with van der Waals surface area (Å²) in [6, 6.07) is 22.0. The number of carbonyl (C=O) groups is 1. The van der Waals surface area contributed by atoms with Crippen LogP contribution in [-0.2, 0) is 10.0 Å². The molecule has 5 aromatic rings. The van der Waals surface area contributed by atoms with Gasteiger partial charge in [0.15, 0.2) is 0 Å². The Kier molecular flexibility index (Phi) is 5.27. The number of phenolic OH excluding ortho intramolecular Hbond substituents is 1. The summed E-state index contributed by atoms with van der Waals surface area (Å²) in [6.07, 6.45) is 0. The van der Waals surface area contributed by atoms with Gasteiger partial charge in [-0.05, 0) is 43.3 Å². The Hall–Kier alpha value is -4.21. The number of H-pyrrole nitrogens is 1. The summed E-state index contributed by atoms with van der Waals surface area (Å²) < 4.78 is 25.1. The van der Waals surface area contributed by atoms with E-state index in [1.54, 1.807) is 42.5 Å². The van der Waals surface area contributed by atoms with Crippen LogP contribution in [0.4, 0.5) is 0 Å². The van der Waals surface area contributed by atoms with Gasteiger partial charge in [0, 0.05) is 21.9 Å². The molecule has 0 bridgehead atoms. The minimum Gasteiger partial charge on any atom is -0.508 e. The van der Waals surface area contributed by atoms with Crippen molar-refractivity contribution in [2.75, 3.05) is 0 Å². The zero-order valence-electron chi connectivity index (χ0n) is 18.0. The summed E-state index contributed by atoms with van der Waals surface area (Å²) in [5.41, 5.74) is 5.80. The highest BCUT2D eigenvalue weighted by atomic mass is 32.2. The molecule has 34 heavy (non-hydrogen) atoms. The minimum absolute atomic E-state index is 0.0159. The van der Waals surface area contributed by atoms with E-state index < -0.39 is 15.9 Å². The molecule has 0 saturated heterocycles. The van der Waals surface area contributed by atoms with Gasteiger partial charge in [-0.2, -0.15) is 0 Å². The maximum absolute atomic E-state index is 13.0. The molecule has 170 valence electrons. The summed E-state index contributed by atoms with van der Waals surface area (Å²) in [4.78, 5) is 22.9. The Balaban J connectivity index is 1.56. The second-order valence-electron chi connectivity index (χ2n) is 7.87. The third-order valence-corrected chi connectivity index (χ3v) is 6.74. The highest BCUT2D eigenvalue weighted by Gasteiger charge is 2.20. The number of amides is 1. The predicted molar refractivity (Wildman–Crippen MR) is 130 cm³/mol. The van der Waals surface area contributed by atoms with Crippen molar-refractivity contribution >= 4 is 37.7 Å². The second-order valence-corrected chi connectivity index (χ2v) is 9.55. The number of aryl methyl sites for hydroxylation is 1. The summed E-state index contributed by atoms with van der Waals surface area (Å²) in [6.45, 7) is 1.85. The molecule has 9 heteroatoms. The number of pyridine rings is 1. The van der Waals surface area contributed by atoms with E-state index in [4.69, 9.17) is 0 Å². The average Bonchev–Trinajstić information content (AvgIpc) is 3.21. The van der Waals surface area contributed by atoms with Gasteiger partial charge >= 0.3 is 0 Å². The SMILES string of the molecule is Cc1ccc(S(=O)(=O)NNC(=O)c2cc3c([nH]c4ccccc43)c(-c3cccc(O)c3)n2)cc1. The Morgan fingerprint density at radius 3 is 2.47 bits per heavy atom. The lowest BCUT2D eigenvalue weighted by molar-refractivity contribution is 0.0940. The number of rotatable bonds is 5. The molecule has 3 aromatic carbocycles. The summed E-state index contributed by atoms with van der Waals surface area (Å²) >= 11 is 0. The molecule has 4 N–H and O–H groups in total. The smallest absolute Gasteiger partial charge is 0.284 e. The van der Waals surface area contributed by atoms with Gasteiger partial charge in [0.1, 0.15) is 11.4 Å². The van der Waals surface area contributed by atoms with Gasteiger partial charge in [0.05, 0.1) is 16.1 Å². The second kappa shape index (κ2) is 8.29. The zero-order valence-corrected chi connectivity index (χ0v) is 18.8. The Morgan fingerprint density at radius 2 is 1.71 bits per heavy atom. The number of phenols is 1. The van der Waals surface area contributed by atoms with Gasteiger partial charge < -0.3 is 10.1 Å². The molecule has 2 heterocycles. The van der Waals surface area contributed by atoms with E-state index in [0.717, 1.165) is 21.9 Å². The van der Waals surface area contributed by atoms with Gasteiger partial charge in [0.2, 0.25) is 0 Å². The standard InChI is InChI=1S/C25H20N4O4S/c1-15-9-11-18(12-10-15)34(32,33)29-28-25(31)22-14-20-19-7-2-3-8-21(19)26-24(20)23(27-22)16-5-4-6-17(30)13-16/h2-14,26,29-30H,1H3,(H,28,31). The molecule has 0 unspecified atom stereocenters. The highest BCUT2D eigenvalue weighted by molar-refractivity contribution is 7.89. The van der Waals surface area contributed by atoms with Gasteiger partial charge in [-0.15, -0.1) is 4.83 Å². The van der Waals surface area contributed by atoms with Crippen molar-refractivity contribution in [2.24, 2.45) is 0 Å². The number of benzene rings is 3. The number of para-hydroxylation sites is 1. The molecule has 5 rings (SSSR count). The molecular weight excluding hydrogens is 452 g/mol. The number of carbonyl (C=O) groups excluding carboxylic acids is 1. The lowest BCUT2D eigenvalue weighted by Crippen LogP contribution is -2.41. The fourth-order valence-electron chi connectivity index (χ4n) is 3.78. The number of hydrogen-bond acceptors (Lipinski definition) is 5. The van der Waals surface area contributed by atoms with Crippen molar-refractivity contribution in [3.8, 4) is 17.0 Å². The molecule has 1 amide bonds. The van der Waals surface area contributed by atoms with Crippen molar-refractivity contribution in [3.63, 3.8) is 0 Å². The Bertz CT molecular complexity index is 1660. The average molecular weight is 473 g/mol. The number of aromatic amines is 1. The number of hydrazine groups is 1. The van der Waals surface area contributed by atoms with E-state index in [9.17, 15) is 18.3 Å². The monoisotopic (exact) mass is 472 g/mol. The number of sulfonamides is 1.